The van der Waals surface area contributed by atoms with Crippen molar-refractivity contribution in [1.82, 2.24) is 16.0 Å². The molecule has 0 aliphatic rings. The molecular weight excluding hydrogens is 574 g/mol. The number of thioether (sulfide) groups is 1. The summed E-state index contributed by atoms with van der Waals surface area (Å²) >= 11 is 1.49. The Labute approximate surface area is 260 Å². The maximum absolute atomic E-state index is 12.8. The van der Waals surface area contributed by atoms with Crippen LogP contribution >= 0.6 is 11.8 Å². The summed E-state index contributed by atoms with van der Waals surface area (Å²) in [6.07, 6.45) is 5.53. The lowest BCUT2D eigenvalue weighted by molar-refractivity contribution is -0.141. The zero-order chi connectivity index (χ0) is 32.8. The van der Waals surface area contributed by atoms with E-state index >= 15 is 0 Å². The lowest BCUT2D eigenvalue weighted by atomic mass is 9.79. The zero-order valence-electron chi connectivity index (χ0n) is 28.1. The summed E-state index contributed by atoms with van der Waals surface area (Å²) in [5.74, 6) is -0.551. The van der Waals surface area contributed by atoms with E-state index in [0.717, 1.165) is 32.1 Å². The summed E-state index contributed by atoms with van der Waals surface area (Å²) in [4.78, 5) is 36.9. The molecule has 248 valence electrons. The van der Waals surface area contributed by atoms with Gasteiger partial charge in [-0.15, -0.1) is 0 Å². The number of aliphatic carboxylic acids is 1. The second-order valence-corrected chi connectivity index (χ2v) is 18.6. The van der Waals surface area contributed by atoms with E-state index in [-0.39, 0.29) is 52.0 Å². The van der Waals surface area contributed by atoms with Gasteiger partial charge in [-0.1, -0.05) is 61.3 Å². The number of carboxylic acid groups (broad SMARTS) is 1. The molecule has 0 saturated heterocycles. The normalized spacial score (nSPS) is 14.0. The topological polar surface area (TPSA) is 142 Å². The molecule has 2 amide bonds. The summed E-state index contributed by atoms with van der Waals surface area (Å²) in [7, 11) is -3.27. The number of hydrogen-bond acceptors (Lipinski definition) is 7. The molecule has 0 bridgehead atoms. The van der Waals surface area contributed by atoms with Gasteiger partial charge in [-0.3, -0.25) is 9.59 Å². The Balaban J connectivity index is 4.53. The highest BCUT2D eigenvalue weighted by atomic mass is 32.2. The molecule has 42 heavy (non-hydrogen) atoms. The molecule has 0 unspecified atom stereocenters. The molecule has 9 nitrogen and oxygen atoms in total. The molecule has 0 saturated carbocycles. The van der Waals surface area contributed by atoms with Gasteiger partial charge in [0.1, 0.15) is 6.04 Å². The zero-order valence-corrected chi connectivity index (χ0v) is 29.7. The van der Waals surface area contributed by atoms with Gasteiger partial charge in [0.15, 0.2) is 9.84 Å². The van der Waals surface area contributed by atoms with Crippen molar-refractivity contribution in [3.63, 3.8) is 0 Å². The second-order valence-electron chi connectivity index (χ2n) is 15.2. The Bertz CT molecular complexity index is 951. The summed E-state index contributed by atoms with van der Waals surface area (Å²) in [5, 5.41) is 18.2. The lowest BCUT2D eigenvalue weighted by Crippen LogP contribution is -2.43. The Morgan fingerprint density at radius 1 is 0.810 bits per heavy atom. The van der Waals surface area contributed by atoms with Crippen molar-refractivity contribution in [3.05, 3.63) is 0 Å². The van der Waals surface area contributed by atoms with Gasteiger partial charge in [-0.25, -0.2) is 13.2 Å². The summed E-state index contributed by atoms with van der Waals surface area (Å²) in [5.41, 5.74) is -0.714. The average Bonchev–Trinajstić information content (AvgIpc) is 2.80. The van der Waals surface area contributed by atoms with Gasteiger partial charge in [0.25, 0.3) is 0 Å². The minimum Gasteiger partial charge on any atom is -0.480 e. The van der Waals surface area contributed by atoms with Crippen molar-refractivity contribution in [3.8, 4) is 0 Å². The van der Waals surface area contributed by atoms with Crippen molar-refractivity contribution in [2.45, 2.75) is 126 Å². The fourth-order valence-electron chi connectivity index (χ4n) is 4.09. The van der Waals surface area contributed by atoms with Crippen LogP contribution in [0.2, 0.25) is 0 Å². The number of nitrogens with one attached hydrogen (secondary N) is 3. The van der Waals surface area contributed by atoms with Crippen LogP contribution in [0.5, 0.6) is 0 Å². The summed E-state index contributed by atoms with van der Waals surface area (Å²) < 4.78 is 24.6. The van der Waals surface area contributed by atoms with Gasteiger partial charge in [0.2, 0.25) is 11.8 Å². The minimum absolute atomic E-state index is 0.0272. The maximum atomic E-state index is 12.8. The molecule has 0 aromatic heterocycles. The molecule has 0 rings (SSSR count). The average molecular weight is 636 g/mol. The third kappa shape index (κ3) is 21.4. The van der Waals surface area contributed by atoms with Gasteiger partial charge in [-0.05, 0) is 63.0 Å². The van der Waals surface area contributed by atoms with Crippen LogP contribution in [0.4, 0.5) is 0 Å². The Morgan fingerprint density at radius 2 is 1.40 bits per heavy atom. The molecule has 11 heteroatoms. The molecular formula is C31H61N3O6S2. The molecule has 0 radical (unpaired) electrons. The van der Waals surface area contributed by atoms with Crippen LogP contribution in [0.3, 0.4) is 0 Å². The van der Waals surface area contributed by atoms with Gasteiger partial charge >= 0.3 is 5.97 Å². The predicted molar refractivity (Wildman–Crippen MR) is 176 cm³/mol. The molecule has 0 aliphatic carbocycles. The molecule has 0 heterocycles. The molecule has 1 atom stereocenters. The minimum atomic E-state index is -3.27. The number of carbonyl (C=O) groups is 3. The van der Waals surface area contributed by atoms with Gasteiger partial charge < -0.3 is 21.1 Å². The number of rotatable bonds is 21. The number of carbonyl (C=O) groups excluding carboxylic acids is 2. The second kappa shape index (κ2) is 17.8. The van der Waals surface area contributed by atoms with E-state index in [1.807, 2.05) is 34.6 Å². The number of unbranched alkanes of at least 4 members (excludes halogenated alkanes) is 2. The van der Waals surface area contributed by atoms with Crippen LogP contribution in [0, 0.1) is 16.2 Å². The first-order valence-corrected chi connectivity index (χ1v) is 18.3. The number of amides is 2. The van der Waals surface area contributed by atoms with E-state index in [1.165, 1.54) is 11.8 Å². The standard InChI is InChI=1S/C31H61N3O6S2/c1-28(2,3)15-13-11-12-14-25(35)34-24(26(36)37)22-41-23-30(7,8)16-17-31(9,10)27(38)32-18-20-42(39,40)21-19-33-29(4,5)6/h24,33H,11-23H2,1-10H3,(H,32,38)(H,34,35)(H,36,37)/t24-/m0/s1. The van der Waals surface area contributed by atoms with Crippen LogP contribution in [0.1, 0.15) is 114 Å². The largest absolute Gasteiger partial charge is 0.480 e. The molecule has 0 spiro atoms. The van der Waals surface area contributed by atoms with Crippen molar-refractivity contribution in [2.24, 2.45) is 16.2 Å². The Hall–Kier alpha value is -1.33. The quantitative estimate of drug-likeness (QED) is 0.129. The monoisotopic (exact) mass is 635 g/mol. The SMILES string of the molecule is CC(C)(C)CCCCCC(=O)N[C@@H](CSCC(C)(C)CCC(C)(C)C(=O)NCCS(=O)(=O)CCNC(C)(C)C)C(=O)O. The van der Waals surface area contributed by atoms with E-state index in [0.29, 0.717) is 25.1 Å². The first-order valence-electron chi connectivity index (χ1n) is 15.3. The van der Waals surface area contributed by atoms with Crippen molar-refractivity contribution in [2.75, 3.05) is 36.1 Å². The first kappa shape index (κ1) is 40.7. The fourth-order valence-corrected chi connectivity index (χ4v) is 6.40. The molecule has 0 aliphatic heterocycles. The fraction of sp³-hybridized carbons (Fsp3) is 0.903. The van der Waals surface area contributed by atoms with Gasteiger partial charge in [0, 0.05) is 36.2 Å². The number of hydrogen-bond donors (Lipinski definition) is 4. The highest BCUT2D eigenvalue weighted by Crippen LogP contribution is 2.33. The predicted octanol–water partition coefficient (Wildman–Crippen LogP) is 5.04. The van der Waals surface area contributed by atoms with Gasteiger partial charge in [0.05, 0.1) is 11.5 Å². The van der Waals surface area contributed by atoms with E-state index < -0.39 is 27.3 Å². The van der Waals surface area contributed by atoms with E-state index in [9.17, 15) is 27.9 Å². The Kier molecular flexibility index (Phi) is 17.3. The van der Waals surface area contributed by atoms with E-state index in [2.05, 4.69) is 50.6 Å². The highest BCUT2D eigenvalue weighted by molar-refractivity contribution is 7.99. The Morgan fingerprint density at radius 3 is 1.95 bits per heavy atom. The summed E-state index contributed by atoms with van der Waals surface area (Å²) in [6.45, 7) is 20.8. The van der Waals surface area contributed by atoms with E-state index in [1.54, 1.807) is 0 Å². The highest BCUT2D eigenvalue weighted by Gasteiger charge is 2.31. The van der Waals surface area contributed by atoms with Crippen molar-refractivity contribution >= 4 is 39.4 Å². The molecule has 0 aromatic carbocycles. The maximum Gasteiger partial charge on any atom is 0.327 e. The van der Waals surface area contributed by atoms with Crippen LogP contribution < -0.4 is 16.0 Å². The van der Waals surface area contributed by atoms with E-state index in [4.69, 9.17) is 0 Å². The third-order valence-electron chi connectivity index (χ3n) is 7.05. The van der Waals surface area contributed by atoms with Crippen molar-refractivity contribution < 1.29 is 27.9 Å². The van der Waals surface area contributed by atoms with Crippen LogP contribution in [0.15, 0.2) is 0 Å². The third-order valence-corrected chi connectivity index (χ3v) is 10.3. The van der Waals surface area contributed by atoms with Gasteiger partial charge in [-0.2, -0.15) is 11.8 Å². The lowest BCUT2D eigenvalue weighted by Gasteiger charge is -2.30. The molecule has 4 N–H and O–H groups in total. The smallest absolute Gasteiger partial charge is 0.327 e. The summed E-state index contributed by atoms with van der Waals surface area (Å²) in [6, 6.07) is -0.935. The van der Waals surface area contributed by atoms with Crippen molar-refractivity contribution in [1.29, 1.82) is 0 Å². The van der Waals surface area contributed by atoms with Crippen LogP contribution in [-0.4, -0.2) is 79.0 Å². The van der Waals surface area contributed by atoms with Crippen LogP contribution in [0.25, 0.3) is 0 Å². The molecule has 0 aromatic rings. The van der Waals surface area contributed by atoms with Crippen LogP contribution in [-0.2, 0) is 24.2 Å². The number of carboxylic acids is 1. The number of sulfone groups is 1. The molecule has 0 fully saturated rings. The first-order chi connectivity index (χ1) is 18.9.